The maximum Gasteiger partial charge on any atom is 0.0171 e. The second-order valence-corrected chi connectivity index (χ2v) is 7.15. The molecule has 1 N–H and O–H groups in total. The zero-order valence-electron chi connectivity index (χ0n) is 9.68. The predicted octanol–water partition coefficient (Wildman–Crippen LogP) is 3.05. The summed E-state index contributed by atoms with van der Waals surface area (Å²) in [5.74, 6) is 1.33. The van der Waals surface area contributed by atoms with Crippen LogP contribution in [-0.2, 0) is 0 Å². The molecule has 1 nitrogen and oxygen atoms in total. The second kappa shape index (κ2) is 4.05. The van der Waals surface area contributed by atoms with E-state index < -0.39 is 0 Å². The van der Waals surface area contributed by atoms with Crippen LogP contribution in [0.25, 0.3) is 0 Å². The topological polar surface area (TPSA) is 12.0 Å². The van der Waals surface area contributed by atoms with Gasteiger partial charge in [-0.25, -0.2) is 0 Å². The van der Waals surface area contributed by atoms with Gasteiger partial charge in [0.25, 0.3) is 0 Å². The molecule has 1 aliphatic carbocycles. The van der Waals surface area contributed by atoms with Gasteiger partial charge in [-0.05, 0) is 24.7 Å². The van der Waals surface area contributed by atoms with E-state index in [1.54, 1.807) is 0 Å². The summed E-state index contributed by atoms with van der Waals surface area (Å²) in [5, 5.41) is 4.75. The van der Waals surface area contributed by atoms with Crippen LogP contribution < -0.4 is 5.32 Å². The van der Waals surface area contributed by atoms with E-state index >= 15 is 0 Å². The van der Waals surface area contributed by atoms with Crippen molar-refractivity contribution in [2.24, 2.45) is 5.41 Å². The molecule has 82 valence electrons. The lowest BCUT2D eigenvalue weighted by atomic mass is 9.87. The van der Waals surface area contributed by atoms with Crippen LogP contribution in [0, 0.1) is 5.41 Å². The second-order valence-electron chi connectivity index (χ2n) is 5.68. The van der Waals surface area contributed by atoms with Gasteiger partial charge in [-0.3, -0.25) is 0 Å². The molecule has 1 saturated carbocycles. The Bertz CT molecular complexity index is 202. The molecule has 3 unspecified atom stereocenters. The molecular weight excluding hydrogens is 190 g/mol. The van der Waals surface area contributed by atoms with Crippen LogP contribution in [-0.4, -0.2) is 23.1 Å². The molecule has 1 saturated heterocycles. The van der Waals surface area contributed by atoms with Gasteiger partial charge in [0, 0.05) is 23.1 Å². The molecule has 0 aromatic heterocycles. The first kappa shape index (κ1) is 10.8. The van der Waals surface area contributed by atoms with Crippen molar-refractivity contribution in [3.8, 4) is 0 Å². The predicted molar refractivity (Wildman–Crippen MR) is 64.9 cm³/mol. The maximum atomic E-state index is 3.88. The number of rotatable bonds is 2. The van der Waals surface area contributed by atoms with Gasteiger partial charge in [0.05, 0.1) is 0 Å². The van der Waals surface area contributed by atoms with Crippen molar-refractivity contribution >= 4 is 11.8 Å². The van der Waals surface area contributed by atoms with Crippen molar-refractivity contribution in [2.45, 2.75) is 63.8 Å². The summed E-state index contributed by atoms with van der Waals surface area (Å²) in [6.07, 6.45) is 5.58. The molecule has 2 rings (SSSR count). The first-order valence-electron chi connectivity index (χ1n) is 5.95. The van der Waals surface area contributed by atoms with Gasteiger partial charge in [-0.2, -0.15) is 11.8 Å². The minimum Gasteiger partial charge on any atom is -0.310 e. The molecule has 0 bridgehead atoms. The number of hydrogen-bond donors (Lipinski definition) is 1. The third kappa shape index (κ3) is 2.27. The third-order valence-corrected chi connectivity index (χ3v) is 5.25. The Kier molecular flexibility index (Phi) is 3.13. The number of nitrogens with one attached hydrogen (secondary N) is 1. The largest absolute Gasteiger partial charge is 0.310 e. The molecule has 2 fully saturated rings. The van der Waals surface area contributed by atoms with Crippen molar-refractivity contribution < 1.29 is 0 Å². The Morgan fingerprint density at radius 2 is 2.14 bits per heavy atom. The molecule has 0 spiro atoms. The van der Waals surface area contributed by atoms with Crippen LogP contribution in [0.2, 0.25) is 0 Å². The van der Waals surface area contributed by atoms with Crippen molar-refractivity contribution in [2.75, 3.05) is 5.75 Å². The van der Waals surface area contributed by atoms with Crippen molar-refractivity contribution in [1.82, 2.24) is 5.32 Å². The summed E-state index contributed by atoms with van der Waals surface area (Å²) in [5.41, 5.74) is 0.538. The van der Waals surface area contributed by atoms with Gasteiger partial charge < -0.3 is 5.32 Å². The van der Waals surface area contributed by atoms with E-state index in [2.05, 4.69) is 37.8 Å². The quantitative estimate of drug-likeness (QED) is 0.756. The van der Waals surface area contributed by atoms with Gasteiger partial charge >= 0.3 is 0 Å². The summed E-state index contributed by atoms with van der Waals surface area (Å²) in [6.45, 7) is 7.19. The summed E-state index contributed by atoms with van der Waals surface area (Å²) < 4.78 is 0. The molecule has 0 amide bonds. The third-order valence-electron chi connectivity index (χ3n) is 3.89. The smallest absolute Gasteiger partial charge is 0.0171 e. The summed E-state index contributed by atoms with van der Waals surface area (Å²) in [6, 6.07) is 1.57. The Labute approximate surface area is 92.4 Å². The molecule has 1 heterocycles. The first-order chi connectivity index (χ1) is 6.58. The van der Waals surface area contributed by atoms with Gasteiger partial charge in [0.1, 0.15) is 0 Å². The molecule has 1 aliphatic heterocycles. The molecule has 0 aromatic rings. The van der Waals surface area contributed by atoms with Crippen LogP contribution in [0.15, 0.2) is 0 Å². The van der Waals surface area contributed by atoms with Gasteiger partial charge in [0.15, 0.2) is 0 Å². The van der Waals surface area contributed by atoms with Crippen LogP contribution >= 0.6 is 11.8 Å². The maximum absolute atomic E-state index is 3.88. The van der Waals surface area contributed by atoms with Gasteiger partial charge in [-0.15, -0.1) is 0 Å². The summed E-state index contributed by atoms with van der Waals surface area (Å²) in [7, 11) is 0. The lowest BCUT2D eigenvalue weighted by Gasteiger charge is -2.30. The van der Waals surface area contributed by atoms with E-state index in [1.807, 2.05) is 0 Å². The Balaban J connectivity index is 1.85. The van der Waals surface area contributed by atoms with Crippen LogP contribution in [0.5, 0.6) is 0 Å². The lowest BCUT2D eigenvalue weighted by molar-refractivity contribution is 0.265. The highest BCUT2D eigenvalue weighted by molar-refractivity contribution is 8.00. The lowest BCUT2D eigenvalue weighted by Crippen LogP contribution is -2.44. The standard InChI is InChI=1S/C12H23NS/c1-9-7-10(8-14-9)13-11-5-4-6-12(11,2)3/h9-11,13H,4-8H2,1-3H3. The fraction of sp³-hybridized carbons (Fsp3) is 1.00. The minimum atomic E-state index is 0.538. The van der Waals surface area contributed by atoms with E-state index in [0.29, 0.717) is 5.41 Å². The molecule has 2 aliphatic rings. The normalized spacial score (nSPS) is 41.8. The fourth-order valence-electron chi connectivity index (χ4n) is 2.85. The van der Waals surface area contributed by atoms with Gasteiger partial charge in [-0.1, -0.05) is 27.2 Å². The van der Waals surface area contributed by atoms with Gasteiger partial charge in [0.2, 0.25) is 0 Å². The first-order valence-corrected chi connectivity index (χ1v) is 7.00. The van der Waals surface area contributed by atoms with E-state index in [4.69, 9.17) is 0 Å². The Hall–Kier alpha value is 0.310. The average molecular weight is 213 g/mol. The average Bonchev–Trinajstić information content (AvgIpc) is 2.61. The Morgan fingerprint density at radius 3 is 2.64 bits per heavy atom. The van der Waals surface area contributed by atoms with Crippen molar-refractivity contribution in [3.63, 3.8) is 0 Å². The highest BCUT2D eigenvalue weighted by atomic mass is 32.2. The van der Waals surface area contributed by atoms with Crippen molar-refractivity contribution in [3.05, 3.63) is 0 Å². The summed E-state index contributed by atoms with van der Waals surface area (Å²) >= 11 is 2.13. The van der Waals surface area contributed by atoms with E-state index in [1.165, 1.54) is 31.4 Å². The van der Waals surface area contributed by atoms with Crippen molar-refractivity contribution in [1.29, 1.82) is 0 Å². The molecule has 14 heavy (non-hydrogen) atoms. The highest BCUT2D eigenvalue weighted by Crippen LogP contribution is 2.38. The number of hydrogen-bond acceptors (Lipinski definition) is 2. The van der Waals surface area contributed by atoms with E-state index in [-0.39, 0.29) is 0 Å². The minimum absolute atomic E-state index is 0.538. The fourth-order valence-corrected chi connectivity index (χ4v) is 4.02. The SMILES string of the molecule is CC1CC(NC2CCCC2(C)C)CS1. The number of thioether (sulfide) groups is 1. The molecule has 0 radical (unpaired) electrons. The van der Waals surface area contributed by atoms with Crippen LogP contribution in [0.1, 0.15) is 46.5 Å². The highest BCUT2D eigenvalue weighted by Gasteiger charge is 2.36. The van der Waals surface area contributed by atoms with E-state index in [0.717, 1.165) is 17.3 Å². The zero-order valence-corrected chi connectivity index (χ0v) is 10.5. The van der Waals surface area contributed by atoms with Crippen LogP contribution in [0.3, 0.4) is 0 Å². The molecular formula is C12H23NS. The Morgan fingerprint density at radius 1 is 1.36 bits per heavy atom. The van der Waals surface area contributed by atoms with Crippen LogP contribution in [0.4, 0.5) is 0 Å². The summed E-state index contributed by atoms with van der Waals surface area (Å²) in [4.78, 5) is 0. The molecule has 0 aromatic carbocycles. The monoisotopic (exact) mass is 213 g/mol. The molecule has 2 heteroatoms. The zero-order chi connectivity index (χ0) is 10.2. The molecule has 3 atom stereocenters. The van der Waals surface area contributed by atoms with E-state index in [9.17, 15) is 0 Å².